The molecule has 9 heteroatoms. The number of carbonyl (C=O) groups excluding carboxylic acids is 1. The number of halogens is 2. The number of methoxy groups -OCH3 is 1. The Morgan fingerprint density at radius 1 is 1.30 bits per heavy atom. The first kappa shape index (κ1) is 18.7. The van der Waals surface area contributed by atoms with Crippen LogP contribution in [0, 0.1) is 11.3 Å². The molecule has 0 unspecified atom stereocenters. The molecule has 0 radical (unpaired) electrons. The molecule has 2 heterocycles. The molecule has 0 aliphatic rings. The Morgan fingerprint density at radius 3 is 2.70 bits per heavy atom. The second-order valence-electron chi connectivity index (χ2n) is 5.34. The first-order chi connectivity index (χ1) is 13.0. The zero-order chi connectivity index (χ0) is 19.6. The van der Waals surface area contributed by atoms with E-state index in [1.165, 1.54) is 19.4 Å². The fourth-order valence-electron chi connectivity index (χ4n) is 2.33. The first-order valence-electron chi connectivity index (χ1n) is 7.59. The van der Waals surface area contributed by atoms with Crippen LogP contribution in [0.4, 0.5) is 11.7 Å². The summed E-state index contributed by atoms with van der Waals surface area (Å²) >= 11 is 12.3. The van der Waals surface area contributed by atoms with E-state index in [0.717, 1.165) is 0 Å². The molecule has 3 rings (SSSR count). The zero-order valence-corrected chi connectivity index (χ0v) is 15.7. The third-order valence-electron chi connectivity index (χ3n) is 3.71. The number of aromatic nitrogens is 2. The third kappa shape index (κ3) is 3.58. The SMILES string of the molecule is COC(=O)c1nc(-c2ccc(Cl)c(C#N)c2)nc(N(C)c2ccco2)c1Cl. The smallest absolute Gasteiger partial charge is 0.358 e. The van der Waals surface area contributed by atoms with Gasteiger partial charge in [0.2, 0.25) is 5.88 Å². The van der Waals surface area contributed by atoms with Crippen LogP contribution in [0.2, 0.25) is 10.0 Å². The van der Waals surface area contributed by atoms with Crippen molar-refractivity contribution in [3.05, 3.63) is 57.9 Å². The highest BCUT2D eigenvalue weighted by Gasteiger charge is 2.24. The second kappa shape index (κ2) is 7.66. The Morgan fingerprint density at radius 2 is 2.07 bits per heavy atom. The molecule has 0 saturated carbocycles. The highest BCUT2D eigenvalue weighted by molar-refractivity contribution is 6.35. The number of hydrogen-bond acceptors (Lipinski definition) is 7. The summed E-state index contributed by atoms with van der Waals surface area (Å²) < 4.78 is 10.1. The summed E-state index contributed by atoms with van der Waals surface area (Å²) in [4.78, 5) is 22.4. The zero-order valence-electron chi connectivity index (χ0n) is 14.2. The van der Waals surface area contributed by atoms with Gasteiger partial charge < -0.3 is 9.15 Å². The Kier molecular flexibility index (Phi) is 5.31. The van der Waals surface area contributed by atoms with E-state index in [2.05, 4.69) is 9.97 Å². The van der Waals surface area contributed by atoms with Crippen molar-refractivity contribution in [2.75, 3.05) is 19.1 Å². The van der Waals surface area contributed by atoms with E-state index in [1.807, 2.05) is 6.07 Å². The highest BCUT2D eigenvalue weighted by Crippen LogP contribution is 2.34. The van der Waals surface area contributed by atoms with Crippen molar-refractivity contribution >= 4 is 40.9 Å². The van der Waals surface area contributed by atoms with Crippen molar-refractivity contribution < 1.29 is 13.9 Å². The average molecular weight is 403 g/mol. The molecule has 0 fully saturated rings. The number of ether oxygens (including phenoxy) is 1. The van der Waals surface area contributed by atoms with E-state index in [-0.39, 0.29) is 27.9 Å². The molecule has 1 aromatic carbocycles. The number of nitriles is 1. The lowest BCUT2D eigenvalue weighted by Crippen LogP contribution is -2.16. The molecule has 0 N–H and O–H groups in total. The normalized spacial score (nSPS) is 10.3. The van der Waals surface area contributed by atoms with Gasteiger partial charge in [0.05, 0.1) is 24.0 Å². The Hall–Kier alpha value is -3.08. The van der Waals surface area contributed by atoms with Crippen LogP contribution in [-0.4, -0.2) is 30.1 Å². The summed E-state index contributed by atoms with van der Waals surface area (Å²) in [5, 5.41) is 9.51. The van der Waals surface area contributed by atoms with Gasteiger partial charge >= 0.3 is 5.97 Å². The minimum Gasteiger partial charge on any atom is -0.464 e. The Labute approximate surface area is 164 Å². The molecular formula is C18H12Cl2N4O3. The number of rotatable bonds is 4. The molecule has 0 spiro atoms. The summed E-state index contributed by atoms with van der Waals surface area (Å²) in [6.07, 6.45) is 1.50. The fourth-order valence-corrected chi connectivity index (χ4v) is 2.78. The van der Waals surface area contributed by atoms with Crippen LogP contribution in [0.15, 0.2) is 41.0 Å². The van der Waals surface area contributed by atoms with Crippen molar-refractivity contribution in [2.45, 2.75) is 0 Å². The van der Waals surface area contributed by atoms with Crippen LogP contribution >= 0.6 is 23.2 Å². The third-order valence-corrected chi connectivity index (χ3v) is 4.39. The van der Waals surface area contributed by atoms with E-state index < -0.39 is 5.97 Å². The largest absolute Gasteiger partial charge is 0.464 e. The van der Waals surface area contributed by atoms with Crippen LogP contribution in [0.3, 0.4) is 0 Å². The predicted molar refractivity (Wildman–Crippen MR) is 100 cm³/mol. The van der Waals surface area contributed by atoms with Crippen LogP contribution in [0.5, 0.6) is 0 Å². The van der Waals surface area contributed by atoms with Crippen LogP contribution in [-0.2, 0) is 4.74 Å². The maximum absolute atomic E-state index is 12.1. The molecule has 27 heavy (non-hydrogen) atoms. The second-order valence-corrected chi connectivity index (χ2v) is 6.13. The van der Waals surface area contributed by atoms with Gasteiger partial charge in [-0.15, -0.1) is 0 Å². The molecule has 0 bridgehead atoms. The first-order valence-corrected chi connectivity index (χ1v) is 8.35. The lowest BCUT2D eigenvalue weighted by Gasteiger charge is -2.18. The van der Waals surface area contributed by atoms with Crippen molar-refractivity contribution in [1.29, 1.82) is 5.26 Å². The topological polar surface area (TPSA) is 92.2 Å². The Bertz CT molecular complexity index is 1050. The molecule has 136 valence electrons. The molecule has 3 aromatic rings. The number of nitrogens with zero attached hydrogens (tertiary/aromatic N) is 4. The van der Waals surface area contributed by atoms with E-state index in [9.17, 15) is 10.1 Å². The molecular weight excluding hydrogens is 391 g/mol. The quantitative estimate of drug-likeness (QED) is 0.594. The van der Waals surface area contributed by atoms with Gasteiger partial charge in [0, 0.05) is 18.7 Å². The van der Waals surface area contributed by atoms with Gasteiger partial charge in [-0.1, -0.05) is 23.2 Å². The van der Waals surface area contributed by atoms with Gasteiger partial charge in [0.25, 0.3) is 0 Å². The van der Waals surface area contributed by atoms with E-state index in [1.54, 1.807) is 36.2 Å². The summed E-state index contributed by atoms with van der Waals surface area (Å²) in [7, 11) is 2.91. The number of carbonyl (C=O) groups is 1. The molecule has 2 aromatic heterocycles. The summed E-state index contributed by atoms with van der Waals surface area (Å²) in [5.74, 6) is 0.172. The maximum atomic E-state index is 12.1. The van der Waals surface area contributed by atoms with E-state index in [4.69, 9.17) is 32.4 Å². The van der Waals surface area contributed by atoms with Crippen molar-refractivity contribution in [1.82, 2.24) is 9.97 Å². The average Bonchev–Trinajstić information content (AvgIpc) is 3.22. The highest BCUT2D eigenvalue weighted by atomic mass is 35.5. The molecule has 0 aliphatic carbocycles. The van der Waals surface area contributed by atoms with E-state index >= 15 is 0 Å². The lowest BCUT2D eigenvalue weighted by molar-refractivity contribution is 0.0594. The van der Waals surface area contributed by atoms with Gasteiger partial charge in [0.15, 0.2) is 17.3 Å². The van der Waals surface area contributed by atoms with Crippen LogP contribution in [0.25, 0.3) is 11.4 Å². The van der Waals surface area contributed by atoms with Gasteiger partial charge in [-0.3, -0.25) is 4.90 Å². The van der Waals surface area contributed by atoms with Crippen LogP contribution < -0.4 is 4.90 Å². The maximum Gasteiger partial charge on any atom is 0.358 e. The van der Waals surface area contributed by atoms with Gasteiger partial charge in [-0.05, 0) is 24.3 Å². The van der Waals surface area contributed by atoms with Crippen LogP contribution in [0.1, 0.15) is 16.1 Å². The molecule has 0 atom stereocenters. The van der Waals surface area contributed by atoms with Crippen molar-refractivity contribution in [3.63, 3.8) is 0 Å². The summed E-state index contributed by atoms with van der Waals surface area (Å²) in [6, 6.07) is 10.1. The summed E-state index contributed by atoms with van der Waals surface area (Å²) in [5.41, 5.74) is 0.645. The van der Waals surface area contributed by atoms with E-state index in [0.29, 0.717) is 16.5 Å². The number of benzene rings is 1. The molecule has 7 nitrogen and oxygen atoms in total. The van der Waals surface area contributed by atoms with Gasteiger partial charge in [-0.2, -0.15) is 5.26 Å². The number of furan rings is 1. The van der Waals surface area contributed by atoms with Gasteiger partial charge in [0.1, 0.15) is 11.1 Å². The molecule has 0 aliphatic heterocycles. The van der Waals surface area contributed by atoms with Gasteiger partial charge in [-0.25, -0.2) is 14.8 Å². The van der Waals surface area contributed by atoms with Crippen molar-refractivity contribution in [3.8, 4) is 17.5 Å². The summed E-state index contributed by atoms with van der Waals surface area (Å²) in [6.45, 7) is 0. The number of anilines is 2. The standard InChI is InChI=1S/C18H12Cl2N4O3/c1-24(13-4-3-7-27-13)17-14(20)15(18(25)26-2)22-16(23-17)10-5-6-12(19)11(8-10)9-21/h3-8H,1-2H3. The van der Waals surface area contributed by atoms with Crippen molar-refractivity contribution in [2.24, 2.45) is 0 Å². The monoisotopic (exact) mass is 402 g/mol. The minimum absolute atomic E-state index is 0.0129. The number of hydrogen-bond donors (Lipinski definition) is 0. The lowest BCUT2D eigenvalue weighted by atomic mass is 10.1. The molecule has 0 amide bonds. The predicted octanol–water partition coefficient (Wildman–Crippen LogP) is 4.47. The molecule has 0 saturated heterocycles. The number of esters is 1. The minimum atomic E-state index is -0.716. The Balaban J connectivity index is 2.22. The fraction of sp³-hybridized carbons (Fsp3) is 0.111.